The summed E-state index contributed by atoms with van der Waals surface area (Å²) in [4.78, 5) is 4.19. The van der Waals surface area contributed by atoms with E-state index < -0.39 is 0 Å². The maximum Gasteiger partial charge on any atom is 0.137 e. The zero-order chi connectivity index (χ0) is 21.9. The van der Waals surface area contributed by atoms with Crippen LogP contribution in [0.2, 0.25) is 0 Å². The molecule has 4 nitrogen and oxygen atoms in total. The van der Waals surface area contributed by atoms with Crippen LogP contribution in [0.3, 0.4) is 0 Å². The third kappa shape index (κ3) is 2.75. The van der Waals surface area contributed by atoms with Crippen LogP contribution in [0.4, 0.5) is 11.4 Å². The molecule has 0 atom stereocenters. The van der Waals surface area contributed by atoms with Gasteiger partial charge in [-0.2, -0.15) is 0 Å². The molecule has 0 amide bonds. The van der Waals surface area contributed by atoms with Crippen molar-refractivity contribution >= 4 is 16.9 Å². The summed E-state index contributed by atoms with van der Waals surface area (Å²) in [6.07, 6.45) is 7.75. The van der Waals surface area contributed by atoms with E-state index in [0.29, 0.717) is 11.1 Å². The zero-order valence-electron chi connectivity index (χ0n) is 18.2. The highest BCUT2D eigenvalue weighted by Crippen LogP contribution is 2.48. The van der Waals surface area contributed by atoms with Crippen molar-refractivity contribution < 1.29 is 10.2 Å². The Labute approximate surface area is 183 Å². The van der Waals surface area contributed by atoms with E-state index in [9.17, 15) is 10.2 Å². The fraction of sp³-hybridized carbons (Fsp3) is 0.185. The van der Waals surface area contributed by atoms with E-state index in [1.807, 2.05) is 68.9 Å². The summed E-state index contributed by atoms with van der Waals surface area (Å²) in [6.45, 7) is 4.34. The lowest BCUT2D eigenvalue weighted by molar-refractivity contribution is 0.354. The molecule has 3 aliphatic rings. The van der Waals surface area contributed by atoms with Gasteiger partial charge in [0.15, 0.2) is 0 Å². The van der Waals surface area contributed by atoms with Crippen molar-refractivity contribution in [1.82, 2.24) is 0 Å². The van der Waals surface area contributed by atoms with Crippen LogP contribution in [-0.2, 0) is 5.41 Å². The normalized spacial score (nSPS) is 21.7. The molecule has 0 radical (unpaired) electrons. The van der Waals surface area contributed by atoms with Gasteiger partial charge in [0.1, 0.15) is 11.5 Å². The third-order valence-corrected chi connectivity index (χ3v) is 6.61. The molecule has 5 rings (SSSR count). The predicted octanol–water partition coefficient (Wildman–Crippen LogP) is 5.98. The molecule has 0 aromatic heterocycles. The van der Waals surface area contributed by atoms with Gasteiger partial charge < -0.3 is 20.0 Å². The van der Waals surface area contributed by atoms with Gasteiger partial charge in [-0.1, -0.05) is 50.2 Å². The highest BCUT2D eigenvalue weighted by Gasteiger charge is 2.39. The van der Waals surface area contributed by atoms with E-state index in [-0.39, 0.29) is 16.9 Å². The Bertz CT molecular complexity index is 1260. The fourth-order valence-electron chi connectivity index (χ4n) is 4.79. The van der Waals surface area contributed by atoms with E-state index in [1.54, 1.807) is 0 Å². The SMILES string of the molecule is CN1C=CC(=CC2=C(O)C(C=C3N(C)c4ccccc4C3(C)C)=C2O)c2ccccc21. The minimum Gasteiger partial charge on any atom is -0.506 e. The number of benzene rings is 2. The van der Waals surface area contributed by atoms with Crippen molar-refractivity contribution in [2.24, 2.45) is 0 Å². The second kappa shape index (κ2) is 6.67. The van der Waals surface area contributed by atoms with Crippen molar-refractivity contribution in [2.45, 2.75) is 19.3 Å². The molecule has 0 bridgehead atoms. The number of likely N-dealkylation sites (N-methyl/N-ethyl adjacent to an activating group) is 1. The fourth-order valence-corrected chi connectivity index (χ4v) is 4.79. The number of aliphatic hydroxyl groups is 2. The Morgan fingerprint density at radius 3 is 2.13 bits per heavy atom. The molecule has 4 heteroatoms. The van der Waals surface area contributed by atoms with E-state index >= 15 is 0 Å². The summed E-state index contributed by atoms with van der Waals surface area (Å²) < 4.78 is 0. The lowest BCUT2D eigenvalue weighted by Crippen LogP contribution is -2.24. The topological polar surface area (TPSA) is 46.9 Å². The van der Waals surface area contributed by atoms with Crippen molar-refractivity contribution in [3.05, 3.63) is 112 Å². The first kappa shape index (κ1) is 19.3. The molecule has 31 heavy (non-hydrogen) atoms. The number of hydrogen-bond donors (Lipinski definition) is 2. The first-order valence-electron chi connectivity index (χ1n) is 10.5. The van der Waals surface area contributed by atoms with Crippen molar-refractivity contribution in [3.8, 4) is 0 Å². The Balaban J connectivity index is 1.51. The first-order valence-corrected chi connectivity index (χ1v) is 10.5. The van der Waals surface area contributed by atoms with Gasteiger partial charge >= 0.3 is 0 Å². The molecule has 156 valence electrons. The van der Waals surface area contributed by atoms with Crippen LogP contribution in [0.5, 0.6) is 0 Å². The molecule has 0 saturated heterocycles. The van der Waals surface area contributed by atoms with E-state index in [0.717, 1.165) is 28.2 Å². The van der Waals surface area contributed by atoms with Crippen molar-refractivity contribution in [3.63, 3.8) is 0 Å². The van der Waals surface area contributed by atoms with Gasteiger partial charge in [-0.05, 0) is 41.5 Å². The number of rotatable bonds is 2. The van der Waals surface area contributed by atoms with E-state index in [2.05, 4.69) is 41.8 Å². The highest BCUT2D eigenvalue weighted by atomic mass is 16.3. The number of nitrogens with zero attached hydrogens (tertiary/aromatic N) is 2. The van der Waals surface area contributed by atoms with Crippen molar-refractivity contribution in [2.75, 3.05) is 23.9 Å². The van der Waals surface area contributed by atoms with Crippen molar-refractivity contribution in [1.29, 1.82) is 0 Å². The molecule has 0 saturated carbocycles. The Morgan fingerprint density at radius 2 is 1.42 bits per heavy atom. The quantitative estimate of drug-likeness (QED) is 0.639. The number of aliphatic hydroxyl groups excluding tert-OH is 2. The monoisotopic (exact) mass is 410 g/mol. The van der Waals surface area contributed by atoms with Crippen LogP contribution in [-0.4, -0.2) is 24.3 Å². The summed E-state index contributed by atoms with van der Waals surface area (Å²) in [6, 6.07) is 16.4. The second-order valence-corrected chi connectivity index (χ2v) is 8.80. The van der Waals surface area contributed by atoms with Crippen LogP contribution in [0.15, 0.2) is 101 Å². The Morgan fingerprint density at radius 1 is 0.806 bits per heavy atom. The molecule has 2 aromatic carbocycles. The van der Waals surface area contributed by atoms with Crippen LogP contribution in [0.25, 0.3) is 5.57 Å². The summed E-state index contributed by atoms with van der Waals surface area (Å²) in [5.41, 5.74) is 7.29. The number of anilines is 2. The average Bonchev–Trinajstić information content (AvgIpc) is 2.97. The van der Waals surface area contributed by atoms with E-state index in [1.165, 1.54) is 5.56 Å². The smallest absolute Gasteiger partial charge is 0.137 e. The molecule has 2 aliphatic heterocycles. The summed E-state index contributed by atoms with van der Waals surface area (Å²) in [5.74, 6) is 0.255. The van der Waals surface area contributed by atoms with Gasteiger partial charge in [0.05, 0.1) is 11.1 Å². The van der Waals surface area contributed by atoms with Gasteiger partial charge in [-0.3, -0.25) is 0 Å². The minimum absolute atomic E-state index is 0.127. The minimum atomic E-state index is -0.219. The molecular weight excluding hydrogens is 384 g/mol. The average molecular weight is 411 g/mol. The highest BCUT2D eigenvalue weighted by molar-refractivity contribution is 5.88. The molecule has 0 spiro atoms. The molecule has 2 aromatic rings. The van der Waals surface area contributed by atoms with Gasteiger partial charge in [-0.25, -0.2) is 0 Å². The molecule has 2 N–H and O–H groups in total. The number of hydrogen-bond acceptors (Lipinski definition) is 4. The summed E-state index contributed by atoms with van der Waals surface area (Å²) in [5, 5.41) is 21.6. The van der Waals surface area contributed by atoms with Crippen LogP contribution < -0.4 is 9.80 Å². The lowest BCUT2D eigenvalue weighted by atomic mass is 9.81. The number of fused-ring (bicyclic) bond motifs is 2. The van der Waals surface area contributed by atoms with Gasteiger partial charge in [0.2, 0.25) is 0 Å². The molecule has 1 aliphatic carbocycles. The van der Waals surface area contributed by atoms with E-state index in [4.69, 9.17) is 0 Å². The third-order valence-electron chi connectivity index (χ3n) is 6.61. The van der Waals surface area contributed by atoms with Gasteiger partial charge in [0, 0.05) is 48.3 Å². The van der Waals surface area contributed by atoms with Gasteiger partial charge in [0.25, 0.3) is 0 Å². The number of para-hydroxylation sites is 2. The molecule has 2 heterocycles. The molecule has 0 unspecified atom stereocenters. The first-order chi connectivity index (χ1) is 14.8. The Kier molecular flexibility index (Phi) is 4.16. The zero-order valence-corrected chi connectivity index (χ0v) is 18.2. The predicted molar refractivity (Wildman–Crippen MR) is 127 cm³/mol. The summed E-state index contributed by atoms with van der Waals surface area (Å²) >= 11 is 0. The van der Waals surface area contributed by atoms with Gasteiger partial charge in [-0.15, -0.1) is 0 Å². The van der Waals surface area contributed by atoms with Crippen LogP contribution >= 0.6 is 0 Å². The number of allylic oxidation sites excluding steroid dienone is 5. The summed E-state index contributed by atoms with van der Waals surface area (Å²) in [7, 11) is 4.03. The van der Waals surface area contributed by atoms with Crippen LogP contribution in [0.1, 0.15) is 25.0 Å². The lowest BCUT2D eigenvalue weighted by Gasteiger charge is -2.28. The molecular formula is C27H26N2O2. The molecule has 0 fully saturated rings. The maximum absolute atomic E-state index is 10.8. The Hall–Kier alpha value is -3.66. The maximum atomic E-state index is 10.8. The second-order valence-electron chi connectivity index (χ2n) is 8.80. The largest absolute Gasteiger partial charge is 0.506 e. The standard InChI is InChI=1S/C27H26N2O2/c1-27(2)21-10-6-8-12-23(21)29(4)24(27)16-20-25(30)19(26(20)31)15-17-13-14-28(3)22-11-7-5-9-18(17)22/h5-16,30-31H,1-4H3. The van der Waals surface area contributed by atoms with Crippen LogP contribution in [0, 0.1) is 0 Å².